The third-order valence-electron chi connectivity index (χ3n) is 4.37. The Labute approximate surface area is 113 Å². The normalized spacial score (nSPS) is 24.3. The van der Waals surface area contributed by atoms with Crippen LogP contribution in [-0.4, -0.2) is 34.8 Å². The van der Waals surface area contributed by atoms with E-state index < -0.39 is 0 Å². The summed E-state index contributed by atoms with van der Waals surface area (Å²) in [6.07, 6.45) is 7.15. The van der Waals surface area contributed by atoms with Crippen LogP contribution in [0.5, 0.6) is 0 Å². The van der Waals surface area contributed by atoms with Crippen molar-refractivity contribution in [2.24, 2.45) is 11.7 Å². The average molecular weight is 262 g/mol. The highest BCUT2D eigenvalue weighted by Crippen LogP contribution is 2.28. The molecule has 1 saturated heterocycles. The van der Waals surface area contributed by atoms with Gasteiger partial charge < -0.3 is 15.7 Å². The molecule has 0 bridgehead atoms. The van der Waals surface area contributed by atoms with Crippen LogP contribution in [0.15, 0.2) is 6.20 Å². The number of fused-ring (bicyclic) bond motifs is 1. The maximum Gasteiger partial charge on any atom is 0.225 e. The summed E-state index contributed by atoms with van der Waals surface area (Å²) in [5.74, 6) is 1.28. The van der Waals surface area contributed by atoms with E-state index in [9.17, 15) is 5.11 Å². The number of aliphatic hydroxyl groups excluding tert-OH is 1. The number of hydrogen-bond donors (Lipinski definition) is 2. The van der Waals surface area contributed by atoms with Crippen molar-refractivity contribution in [2.75, 3.05) is 24.6 Å². The molecule has 1 unspecified atom stereocenters. The van der Waals surface area contributed by atoms with E-state index in [1.807, 2.05) is 6.20 Å². The van der Waals surface area contributed by atoms with Crippen LogP contribution in [0.3, 0.4) is 0 Å². The van der Waals surface area contributed by atoms with E-state index in [1.165, 1.54) is 0 Å². The van der Waals surface area contributed by atoms with Gasteiger partial charge in [-0.05, 0) is 38.0 Å². The second-order valence-corrected chi connectivity index (χ2v) is 5.68. The smallest absolute Gasteiger partial charge is 0.225 e. The van der Waals surface area contributed by atoms with Crippen molar-refractivity contribution in [2.45, 2.75) is 38.1 Å². The Hall–Kier alpha value is -1.20. The summed E-state index contributed by atoms with van der Waals surface area (Å²) in [7, 11) is 0. The molecule has 104 valence electrons. The van der Waals surface area contributed by atoms with Crippen LogP contribution in [0.1, 0.15) is 43.0 Å². The fraction of sp³-hybridized carbons (Fsp3) is 0.714. The average Bonchev–Trinajstić information content (AvgIpc) is 2.47. The first-order valence-electron chi connectivity index (χ1n) is 7.25. The van der Waals surface area contributed by atoms with Crippen LogP contribution in [0.25, 0.3) is 0 Å². The highest BCUT2D eigenvalue weighted by molar-refractivity contribution is 5.35. The lowest BCUT2D eigenvalue weighted by molar-refractivity contribution is 0.202. The fourth-order valence-corrected chi connectivity index (χ4v) is 3.04. The van der Waals surface area contributed by atoms with Gasteiger partial charge in [0.05, 0.1) is 5.69 Å². The zero-order valence-electron chi connectivity index (χ0n) is 11.3. The molecular formula is C14H22N4O. The molecule has 0 amide bonds. The number of rotatable bonds is 2. The lowest BCUT2D eigenvalue weighted by Crippen LogP contribution is -2.36. The van der Waals surface area contributed by atoms with Crippen molar-refractivity contribution in [1.82, 2.24) is 9.97 Å². The molecule has 5 nitrogen and oxygen atoms in total. The number of anilines is 1. The predicted molar refractivity (Wildman–Crippen MR) is 73.9 cm³/mol. The largest absolute Gasteiger partial charge is 0.396 e. The fourth-order valence-electron chi connectivity index (χ4n) is 3.04. The zero-order chi connectivity index (χ0) is 13.2. The number of aryl methyl sites for hydroxylation is 1. The van der Waals surface area contributed by atoms with Crippen molar-refractivity contribution < 1.29 is 5.11 Å². The number of hydrogen-bond acceptors (Lipinski definition) is 5. The molecule has 0 spiro atoms. The van der Waals surface area contributed by atoms with Crippen LogP contribution in [0.2, 0.25) is 0 Å². The SMILES string of the molecule is NC1CCCc2nc(N3CCC(CO)CC3)ncc21. The lowest BCUT2D eigenvalue weighted by atomic mass is 9.93. The van der Waals surface area contributed by atoms with Crippen LogP contribution in [0, 0.1) is 5.92 Å². The molecule has 1 fully saturated rings. The third-order valence-corrected chi connectivity index (χ3v) is 4.37. The molecule has 5 heteroatoms. The van der Waals surface area contributed by atoms with Gasteiger partial charge in [0.1, 0.15) is 0 Å². The summed E-state index contributed by atoms with van der Waals surface area (Å²) in [6, 6.07) is 0.109. The van der Waals surface area contributed by atoms with E-state index in [0.29, 0.717) is 12.5 Å². The first kappa shape index (κ1) is 12.8. The van der Waals surface area contributed by atoms with Gasteiger partial charge in [0.15, 0.2) is 0 Å². The molecule has 3 rings (SSSR count). The van der Waals surface area contributed by atoms with Gasteiger partial charge in [-0.2, -0.15) is 0 Å². The number of aliphatic hydroxyl groups is 1. The topological polar surface area (TPSA) is 75.3 Å². The summed E-state index contributed by atoms with van der Waals surface area (Å²) in [5.41, 5.74) is 8.35. The van der Waals surface area contributed by atoms with Crippen molar-refractivity contribution in [3.63, 3.8) is 0 Å². The van der Waals surface area contributed by atoms with Crippen molar-refractivity contribution >= 4 is 5.95 Å². The second-order valence-electron chi connectivity index (χ2n) is 5.68. The van der Waals surface area contributed by atoms with Gasteiger partial charge in [-0.25, -0.2) is 9.97 Å². The number of nitrogens with zero attached hydrogens (tertiary/aromatic N) is 3. The molecule has 19 heavy (non-hydrogen) atoms. The summed E-state index contributed by atoms with van der Waals surface area (Å²) in [4.78, 5) is 11.4. The highest BCUT2D eigenvalue weighted by Gasteiger charge is 2.23. The Balaban J connectivity index is 1.75. The third kappa shape index (κ3) is 2.58. The van der Waals surface area contributed by atoms with E-state index in [-0.39, 0.29) is 6.04 Å². The second kappa shape index (κ2) is 5.43. The predicted octanol–water partition coefficient (Wildman–Crippen LogP) is 1.02. The number of piperidine rings is 1. The Kier molecular flexibility index (Phi) is 3.66. The quantitative estimate of drug-likeness (QED) is 0.832. The number of nitrogens with two attached hydrogens (primary N) is 1. The zero-order valence-corrected chi connectivity index (χ0v) is 11.3. The minimum atomic E-state index is 0.109. The monoisotopic (exact) mass is 262 g/mol. The number of aromatic nitrogens is 2. The van der Waals surface area contributed by atoms with Crippen molar-refractivity contribution in [3.8, 4) is 0 Å². The van der Waals surface area contributed by atoms with E-state index in [2.05, 4.69) is 9.88 Å². The summed E-state index contributed by atoms with van der Waals surface area (Å²) < 4.78 is 0. The van der Waals surface area contributed by atoms with Crippen molar-refractivity contribution in [3.05, 3.63) is 17.5 Å². The summed E-state index contributed by atoms with van der Waals surface area (Å²) in [5, 5.41) is 9.17. The van der Waals surface area contributed by atoms with Crippen LogP contribution >= 0.6 is 0 Å². The Morgan fingerprint density at radius 3 is 2.84 bits per heavy atom. The Morgan fingerprint density at radius 2 is 2.11 bits per heavy atom. The van der Waals surface area contributed by atoms with Crippen LogP contribution in [0.4, 0.5) is 5.95 Å². The van der Waals surface area contributed by atoms with E-state index >= 15 is 0 Å². The van der Waals surface area contributed by atoms with Crippen LogP contribution in [-0.2, 0) is 6.42 Å². The molecule has 0 saturated carbocycles. The van der Waals surface area contributed by atoms with E-state index in [0.717, 1.165) is 62.4 Å². The molecule has 3 N–H and O–H groups in total. The maximum absolute atomic E-state index is 9.17. The van der Waals surface area contributed by atoms with Gasteiger partial charge in [-0.3, -0.25) is 0 Å². The molecule has 2 aliphatic rings. The standard InChI is InChI=1S/C14H22N4O/c15-12-2-1-3-13-11(12)8-16-14(17-13)18-6-4-10(9-19)5-7-18/h8,10,12,19H,1-7,9,15H2. The summed E-state index contributed by atoms with van der Waals surface area (Å²) >= 11 is 0. The summed E-state index contributed by atoms with van der Waals surface area (Å²) in [6.45, 7) is 2.18. The molecule has 1 aromatic rings. The Bertz CT molecular complexity index is 443. The van der Waals surface area contributed by atoms with Gasteiger partial charge in [-0.15, -0.1) is 0 Å². The van der Waals surface area contributed by atoms with Gasteiger partial charge in [-0.1, -0.05) is 0 Å². The maximum atomic E-state index is 9.17. The van der Waals surface area contributed by atoms with Crippen LogP contribution < -0.4 is 10.6 Å². The van der Waals surface area contributed by atoms with Gasteiger partial charge in [0, 0.05) is 37.5 Å². The van der Waals surface area contributed by atoms with Crippen molar-refractivity contribution in [1.29, 1.82) is 0 Å². The molecular weight excluding hydrogens is 240 g/mol. The molecule has 0 aromatic carbocycles. The Morgan fingerprint density at radius 1 is 1.32 bits per heavy atom. The molecule has 1 aromatic heterocycles. The first-order valence-corrected chi connectivity index (χ1v) is 7.25. The first-order chi connectivity index (χ1) is 9.28. The molecule has 2 heterocycles. The molecule has 0 radical (unpaired) electrons. The van der Waals surface area contributed by atoms with Gasteiger partial charge >= 0.3 is 0 Å². The minimum Gasteiger partial charge on any atom is -0.396 e. The van der Waals surface area contributed by atoms with Gasteiger partial charge in [0.2, 0.25) is 5.95 Å². The minimum absolute atomic E-state index is 0.109. The molecule has 1 aliphatic heterocycles. The molecule has 1 aliphatic carbocycles. The lowest BCUT2D eigenvalue weighted by Gasteiger charge is -2.32. The highest BCUT2D eigenvalue weighted by atomic mass is 16.3. The van der Waals surface area contributed by atoms with E-state index in [1.54, 1.807) is 0 Å². The van der Waals surface area contributed by atoms with E-state index in [4.69, 9.17) is 10.7 Å². The molecule has 1 atom stereocenters. The van der Waals surface area contributed by atoms with Gasteiger partial charge in [0.25, 0.3) is 0 Å².